The molecule has 1 aliphatic carbocycles. The van der Waals surface area contributed by atoms with Crippen LogP contribution in [0, 0.1) is 10.7 Å². The van der Waals surface area contributed by atoms with Crippen molar-refractivity contribution in [3.05, 3.63) is 39.4 Å². The molecule has 1 aromatic carbocycles. The van der Waals surface area contributed by atoms with Crippen molar-refractivity contribution in [3.63, 3.8) is 0 Å². The second kappa shape index (κ2) is 7.32. The maximum Gasteiger partial charge on any atom is 0.262 e. The van der Waals surface area contributed by atoms with E-state index in [0.717, 1.165) is 18.4 Å². The van der Waals surface area contributed by atoms with Crippen LogP contribution in [0.5, 0.6) is 0 Å². The largest absolute Gasteiger partial charge is 0.378 e. The van der Waals surface area contributed by atoms with E-state index < -0.39 is 0 Å². The van der Waals surface area contributed by atoms with Gasteiger partial charge in [0.1, 0.15) is 0 Å². The lowest BCUT2D eigenvalue weighted by atomic mass is 10.00. The van der Waals surface area contributed by atoms with Crippen molar-refractivity contribution < 1.29 is 9.53 Å². The third-order valence-corrected chi connectivity index (χ3v) is 5.60. The maximum absolute atomic E-state index is 12.6. The second-order valence-electron chi connectivity index (χ2n) is 7.22. The lowest BCUT2D eigenvalue weighted by molar-refractivity contribution is -0.123. The maximum atomic E-state index is 12.6. The van der Waals surface area contributed by atoms with Crippen molar-refractivity contribution in [3.8, 4) is 0 Å². The van der Waals surface area contributed by atoms with Crippen LogP contribution in [-0.4, -0.2) is 34.2 Å². The molecule has 6 nitrogen and oxygen atoms in total. The number of hydrogen-bond donors (Lipinski definition) is 2. The van der Waals surface area contributed by atoms with Gasteiger partial charge in [-0.1, -0.05) is 12.1 Å². The predicted molar refractivity (Wildman–Crippen MR) is 102 cm³/mol. The molecule has 2 fully saturated rings. The Bertz CT molecular complexity index is 932. The van der Waals surface area contributed by atoms with Crippen molar-refractivity contribution in [2.24, 2.45) is 5.92 Å². The van der Waals surface area contributed by atoms with Crippen LogP contribution >= 0.6 is 12.2 Å². The molecule has 7 heteroatoms. The number of amides is 1. The van der Waals surface area contributed by atoms with Crippen molar-refractivity contribution in [1.82, 2.24) is 14.9 Å². The van der Waals surface area contributed by atoms with Gasteiger partial charge in [0, 0.05) is 25.6 Å². The molecule has 2 atom stereocenters. The van der Waals surface area contributed by atoms with E-state index in [-0.39, 0.29) is 30.5 Å². The van der Waals surface area contributed by atoms with Gasteiger partial charge in [-0.3, -0.25) is 14.2 Å². The number of ether oxygens (including phenoxy) is 1. The van der Waals surface area contributed by atoms with Gasteiger partial charge in [0.05, 0.1) is 17.0 Å². The molecule has 138 valence electrons. The van der Waals surface area contributed by atoms with Crippen LogP contribution < -0.4 is 10.9 Å². The molecule has 1 amide bonds. The van der Waals surface area contributed by atoms with E-state index in [1.54, 1.807) is 6.07 Å². The summed E-state index contributed by atoms with van der Waals surface area (Å²) >= 11 is 5.29. The monoisotopic (exact) mass is 373 g/mol. The van der Waals surface area contributed by atoms with Crippen molar-refractivity contribution in [2.45, 2.75) is 50.8 Å². The first kappa shape index (κ1) is 17.4. The Balaban J connectivity index is 1.39. The van der Waals surface area contributed by atoms with Gasteiger partial charge in [-0.05, 0) is 56.0 Å². The molecule has 1 saturated heterocycles. The van der Waals surface area contributed by atoms with Crippen LogP contribution in [0.15, 0.2) is 29.1 Å². The van der Waals surface area contributed by atoms with E-state index >= 15 is 0 Å². The Morgan fingerprint density at radius 2 is 2.12 bits per heavy atom. The molecule has 2 aliphatic rings. The van der Waals surface area contributed by atoms with E-state index in [1.807, 2.05) is 18.2 Å². The zero-order valence-corrected chi connectivity index (χ0v) is 15.4. The van der Waals surface area contributed by atoms with E-state index in [0.29, 0.717) is 28.8 Å². The standard InChI is InChI=1S/C19H23N3O3S/c23-17(20-13-8-10-25-16(11-13)12-5-6-12)7-9-22-18(24)14-3-1-2-4-15(14)21-19(22)26/h1-4,12-13,16H,5-11H2,(H,20,23)(H,21,26)/t13-,16+/m1/s1. The summed E-state index contributed by atoms with van der Waals surface area (Å²) in [6.07, 6.45) is 4.77. The normalized spacial score (nSPS) is 23.1. The molecule has 0 spiro atoms. The number of carbonyl (C=O) groups excluding carboxylic acids is 1. The third kappa shape index (κ3) is 3.73. The Kier molecular flexibility index (Phi) is 4.91. The number of aromatic nitrogens is 2. The second-order valence-corrected chi connectivity index (χ2v) is 7.60. The fraction of sp³-hybridized carbons (Fsp3) is 0.526. The molecule has 1 saturated carbocycles. The molecule has 2 N–H and O–H groups in total. The number of para-hydroxylation sites is 1. The number of H-pyrrole nitrogens is 1. The fourth-order valence-electron chi connectivity index (χ4n) is 3.67. The van der Waals surface area contributed by atoms with Crippen molar-refractivity contribution in [2.75, 3.05) is 6.61 Å². The summed E-state index contributed by atoms with van der Waals surface area (Å²) in [4.78, 5) is 28.0. The number of nitrogens with one attached hydrogen (secondary N) is 2. The minimum Gasteiger partial charge on any atom is -0.378 e. The lowest BCUT2D eigenvalue weighted by Crippen LogP contribution is -2.43. The van der Waals surface area contributed by atoms with Crippen molar-refractivity contribution >= 4 is 29.0 Å². The quantitative estimate of drug-likeness (QED) is 0.790. The summed E-state index contributed by atoms with van der Waals surface area (Å²) in [6, 6.07) is 7.43. The topological polar surface area (TPSA) is 76.1 Å². The van der Waals surface area contributed by atoms with Gasteiger partial charge < -0.3 is 15.0 Å². The summed E-state index contributed by atoms with van der Waals surface area (Å²) in [5.74, 6) is 0.644. The van der Waals surface area contributed by atoms with Gasteiger partial charge in [-0.2, -0.15) is 0 Å². The summed E-state index contributed by atoms with van der Waals surface area (Å²) in [5, 5.41) is 3.68. The summed E-state index contributed by atoms with van der Waals surface area (Å²) in [6.45, 7) is 0.988. The van der Waals surface area contributed by atoms with E-state index in [9.17, 15) is 9.59 Å². The predicted octanol–water partition coefficient (Wildman–Crippen LogP) is 2.52. The highest BCUT2D eigenvalue weighted by molar-refractivity contribution is 7.71. The molecule has 1 aromatic heterocycles. The average Bonchev–Trinajstić information content (AvgIpc) is 3.47. The first-order valence-electron chi connectivity index (χ1n) is 9.24. The first-order chi connectivity index (χ1) is 12.6. The smallest absolute Gasteiger partial charge is 0.262 e. The zero-order valence-electron chi connectivity index (χ0n) is 14.6. The number of carbonyl (C=O) groups is 1. The number of fused-ring (bicyclic) bond motifs is 1. The molecule has 2 aromatic rings. The highest BCUT2D eigenvalue weighted by Gasteiger charge is 2.36. The lowest BCUT2D eigenvalue weighted by Gasteiger charge is -2.30. The van der Waals surface area contributed by atoms with Gasteiger partial charge in [-0.25, -0.2) is 0 Å². The van der Waals surface area contributed by atoms with E-state index in [1.165, 1.54) is 17.4 Å². The molecule has 0 unspecified atom stereocenters. The third-order valence-electron chi connectivity index (χ3n) is 5.28. The van der Waals surface area contributed by atoms with Gasteiger partial charge in [0.25, 0.3) is 5.56 Å². The Labute approximate surface area is 156 Å². The van der Waals surface area contributed by atoms with Crippen molar-refractivity contribution in [1.29, 1.82) is 0 Å². The molecule has 1 aliphatic heterocycles. The average molecular weight is 373 g/mol. The highest BCUT2D eigenvalue weighted by atomic mass is 32.1. The molecule has 0 radical (unpaired) electrons. The number of rotatable bonds is 5. The van der Waals surface area contributed by atoms with Crippen LogP contribution in [0.4, 0.5) is 0 Å². The van der Waals surface area contributed by atoms with E-state index in [2.05, 4.69) is 10.3 Å². The van der Waals surface area contributed by atoms with Crippen LogP contribution in [0.25, 0.3) is 10.9 Å². The Morgan fingerprint density at radius 1 is 1.31 bits per heavy atom. The molecule has 0 bridgehead atoms. The Hall–Kier alpha value is -1.99. The molecule has 26 heavy (non-hydrogen) atoms. The summed E-state index contributed by atoms with van der Waals surface area (Å²) < 4.78 is 7.62. The molecular weight excluding hydrogens is 350 g/mol. The summed E-state index contributed by atoms with van der Waals surface area (Å²) in [5.41, 5.74) is 0.563. The number of benzene rings is 1. The molecule has 2 heterocycles. The molecule has 4 rings (SSSR count). The van der Waals surface area contributed by atoms with Gasteiger partial charge in [0.15, 0.2) is 4.77 Å². The van der Waals surface area contributed by atoms with Crippen LogP contribution in [0.3, 0.4) is 0 Å². The van der Waals surface area contributed by atoms with Gasteiger partial charge in [0.2, 0.25) is 5.91 Å². The Morgan fingerprint density at radius 3 is 2.92 bits per heavy atom. The van der Waals surface area contributed by atoms with Crippen LogP contribution in [0.2, 0.25) is 0 Å². The number of aromatic amines is 1. The molecular formula is C19H23N3O3S. The minimum absolute atomic E-state index is 0.0408. The van der Waals surface area contributed by atoms with Gasteiger partial charge in [-0.15, -0.1) is 0 Å². The summed E-state index contributed by atoms with van der Waals surface area (Å²) in [7, 11) is 0. The van der Waals surface area contributed by atoms with Gasteiger partial charge >= 0.3 is 0 Å². The highest BCUT2D eigenvalue weighted by Crippen LogP contribution is 2.38. The zero-order chi connectivity index (χ0) is 18.1. The first-order valence-corrected chi connectivity index (χ1v) is 9.65. The van der Waals surface area contributed by atoms with E-state index in [4.69, 9.17) is 17.0 Å². The van der Waals surface area contributed by atoms with Crippen LogP contribution in [0.1, 0.15) is 32.1 Å². The van der Waals surface area contributed by atoms with Crippen LogP contribution in [-0.2, 0) is 16.1 Å². The minimum atomic E-state index is -0.156. The SMILES string of the molecule is O=C(CCn1c(=S)[nH]c2ccccc2c1=O)N[C@@H]1CCO[C@H](C2CC2)C1. The number of hydrogen-bond acceptors (Lipinski definition) is 4. The number of nitrogens with zero attached hydrogens (tertiary/aromatic N) is 1. The fourth-order valence-corrected chi connectivity index (χ4v) is 3.95.